The molecule has 1 fully saturated rings. The van der Waals surface area contributed by atoms with E-state index in [2.05, 4.69) is 64.7 Å². The Labute approximate surface area is 214 Å². The minimum absolute atomic E-state index is 0.395. The second kappa shape index (κ2) is 21.8. The van der Waals surface area contributed by atoms with E-state index < -0.39 is 0 Å². The van der Waals surface area contributed by atoms with Gasteiger partial charge in [-0.15, -0.1) is 11.6 Å². The van der Waals surface area contributed by atoms with Crippen LogP contribution in [-0.2, 0) is 0 Å². The van der Waals surface area contributed by atoms with Crippen molar-refractivity contribution in [2.45, 2.75) is 137 Å². The van der Waals surface area contributed by atoms with Crippen LogP contribution in [0.4, 0.5) is 0 Å². The lowest BCUT2D eigenvalue weighted by Crippen LogP contribution is -2.14. The molecule has 0 radical (unpaired) electrons. The molecule has 0 aromatic rings. The summed E-state index contributed by atoms with van der Waals surface area (Å²) in [5, 5.41) is 0.395. The fraction of sp³-hybridized carbons (Fsp3) is 0.750. The van der Waals surface area contributed by atoms with E-state index in [1.54, 1.807) is 5.57 Å². The van der Waals surface area contributed by atoms with Crippen LogP contribution in [0.5, 0.6) is 0 Å². The molecule has 0 aliphatic heterocycles. The van der Waals surface area contributed by atoms with E-state index in [0.29, 0.717) is 11.3 Å². The quantitative estimate of drug-likeness (QED) is 0.141. The van der Waals surface area contributed by atoms with Crippen LogP contribution in [0.1, 0.15) is 131 Å². The molecule has 0 spiro atoms. The van der Waals surface area contributed by atoms with Crippen molar-refractivity contribution in [1.29, 1.82) is 0 Å². The number of halogens is 1. The van der Waals surface area contributed by atoms with Gasteiger partial charge in [-0.25, -0.2) is 0 Å². The van der Waals surface area contributed by atoms with Gasteiger partial charge in [-0.3, -0.25) is 0 Å². The minimum Gasteiger partial charge on any atom is -0.123 e. The van der Waals surface area contributed by atoms with Crippen LogP contribution in [-0.4, -0.2) is 5.38 Å². The highest BCUT2D eigenvalue weighted by atomic mass is 35.5. The number of unbranched alkanes of at least 4 members (excludes halogenated alkanes) is 5. The summed E-state index contributed by atoms with van der Waals surface area (Å²) < 4.78 is 0. The molecule has 1 saturated carbocycles. The molecule has 1 heteroatoms. The lowest BCUT2D eigenvalue weighted by Gasteiger charge is -2.23. The summed E-state index contributed by atoms with van der Waals surface area (Å²) in [7, 11) is 0. The van der Waals surface area contributed by atoms with Gasteiger partial charge < -0.3 is 0 Å². The summed E-state index contributed by atoms with van der Waals surface area (Å²) in [5.74, 6) is 2.17. The maximum atomic E-state index is 6.35. The third kappa shape index (κ3) is 15.0. The fourth-order valence-corrected chi connectivity index (χ4v) is 5.08. The van der Waals surface area contributed by atoms with Crippen LogP contribution < -0.4 is 0 Å². The Hall–Kier alpha value is -0.750. The SMILES string of the molecule is C=C(CCCC)CCC/C=C\C.CC.CCCCCCC1C=CC(C2CCC(Cl)C2C)=CC1. The summed E-state index contributed by atoms with van der Waals surface area (Å²) in [6, 6.07) is 0. The van der Waals surface area contributed by atoms with Gasteiger partial charge in [-0.2, -0.15) is 0 Å². The molecule has 0 amide bonds. The standard InChI is InChI=1S/C18H29Cl.C12H22.C2H6/c1-3-4-5-6-7-15-8-10-16(11-9-15)17-12-13-18(19)14(17)2;1-4-6-8-9-11-12(3)10-7-5-2;1-2/h8,10-11,14-15,17-18H,3-7,9,12-13H2,1-2H3;4,6H,3,5,7-11H2,1-2H3;1-2H3/b;6-4-;. The van der Waals surface area contributed by atoms with Crippen LogP contribution >= 0.6 is 11.6 Å². The van der Waals surface area contributed by atoms with Crippen LogP contribution in [0.15, 0.2) is 48.1 Å². The van der Waals surface area contributed by atoms with Crippen LogP contribution in [0.3, 0.4) is 0 Å². The molecular weight excluding hydrogens is 420 g/mol. The van der Waals surface area contributed by atoms with Crippen molar-refractivity contribution < 1.29 is 0 Å². The van der Waals surface area contributed by atoms with Gasteiger partial charge >= 0.3 is 0 Å². The first-order valence-electron chi connectivity index (χ1n) is 14.3. The van der Waals surface area contributed by atoms with Crippen LogP contribution in [0.25, 0.3) is 0 Å². The first-order chi connectivity index (χ1) is 16.0. The Morgan fingerprint density at radius 3 is 2.27 bits per heavy atom. The van der Waals surface area contributed by atoms with Crippen molar-refractivity contribution in [3.63, 3.8) is 0 Å². The number of hydrogen-bond acceptors (Lipinski definition) is 0. The van der Waals surface area contributed by atoms with Crippen molar-refractivity contribution in [3.05, 3.63) is 48.1 Å². The molecule has 4 unspecified atom stereocenters. The summed E-state index contributed by atoms with van der Waals surface area (Å²) in [6.07, 6.45) is 29.9. The first kappa shape index (κ1) is 32.2. The Morgan fingerprint density at radius 2 is 1.73 bits per heavy atom. The second-order valence-electron chi connectivity index (χ2n) is 9.78. The molecule has 0 N–H and O–H groups in total. The molecule has 4 atom stereocenters. The summed E-state index contributed by atoms with van der Waals surface area (Å²) in [4.78, 5) is 0. The Kier molecular flexibility index (Phi) is 21.3. The molecule has 33 heavy (non-hydrogen) atoms. The summed E-state index contributed by atoms with van der Waals surface area (Å²) >= 11 is 6.35. The van der Waals surface area contributed by atoms with Crippen molar-refractivity contribution in [2.24, 2.45) is 17.8 Å². The molecule has 0 heterocycles. The number of alkyl halides is 1. The smallest absolute Gasteiger partial charge is 0.0367 e. The Morgan fingerprint density at radius 1 is 1.03 bits per heavy atom. The first-order valence-corrected chi connectivity index (χ1v) is 14.8. The molecule has 2 aliphatic carbocycles. The van der Waals surface area contributed by atoms with Gasteiger partial charge in [0.2, 0.25) is 0 Å². The maximum Gasteiger partial charge on any atom is 0.0367 e. The topological polar surface area (TPSA) is 0 Å². The van der Waals surface area contributed by atoms with Gasteiger partial charge in [0.05, 0.1) is 0 Å². The highest BCUT2D eigenvalue weighted by Crippen LogP contribution is 2.41. The number of hydrogen-bond donors (Lipinski definition) is 0. The molecule has 0 aromatic carbocycles. The van der Waals surface area contributed by atoms with E-state index in [1.165, 1.54) is 95.5 Å². The van der Waals surface area contributed by atoms with Gasteiger partial charge in [0.15, 0.2) is 0 Å². The van der Waals surface area contributed by atoms with E-state index in [-0.39, 0.29) is 0 Å². The third-order valence-electron chi connectivity index (χ3n) is 7.05. The lowest BCUT2D eigenvalue weighted by molar-refractivity contribution is 0.478. The Bertz CT molecular complexity index is 553. The zero-order valence-corrected chi connectivity index (χ0v) is 23.9. The zero-order valence-electron chi connectivity index (χ0n) is 23.2. The monoisotopic (exact) mass is 476 g/mol. The maximum absolute atomic E-state index is 6.35. The van der Waals surface area contributed by atoms with Gasteiger partial charge in [-0.05, 0) is 88.0 Å². The third-order valence-corrected chi connectivity index (χ3v) is 7.67. The normalized spacial score (nSPS) is 24.0. The predicted octanol–water partition coefficient (Wildman–Crippen LogP) is 11.6. The Balaban J connectivity index is 0.000000635. The number of allylic oxidation sites excluding steroid dienone is 7. The zero-order chi connectivity index (χ0) is 24.9. The molecule has 2 aliphatic rings. The molecule has 0 bridgehead atoms. The lowest BCUT2D eigenvalue weighted by atomic mass is 9.83. The van der Waals surface area contributed by atoms with E-state index in [9.17, 15) is 0 Å². The summed E-state index contributed by atoms with van der Waals surface area (Å²) in [6.45, 7) is 17.0. The van der Waals surface area contributed by atoms with Crippen molar-refractivity contribution in [2.75, 3.05) is 0 Å². The highest BCUT2D eigenvalue weighted by molar-refractivity contribution is 6.21. The van der Waals surface area contributed by atoms with Gasteiger partial charge in [0, 0.05) is 5.38 Å². The minimum atomic E-state index is 0.395. The predicted molar refractivity (Wildman–Crippen MR) is 154 cm³/mol. The van der Waals surface area contributed by atoms with Crippen molar-refractivity contribution in [1.82, 2.24) is 0 Å². The highest BCUT2D eigenvalue weighted by Gasteiger charge is 2.33. The fourth-order valence-electron chi connectivity index (χ4n) is 4.78. The van der Waals surface area contributed by atoms with E-state index in [0.717, 1.165) is 11.8 Å². The molecule has 0 saturated heterocycles. The van der Waals surface area contributed by atoms with Crippen molar-refractivity contribution in [3.8, 4) is 0 Å². The molecule has 2 rings (SSSR count). The summed E-state index contributed by atoms with van der Waals surface area (Å²) in [5.41, 5.74) is 3.00. The van der Waals surface area contributed by atoms with E-state index in [1.807, 2.05) is 13.8 Å². The van der Waals surface area contributed by atoms with Gasteiger partial charge in [0.25, 0.3) is 0 Å². The average molecular weight is 477 g/mol. The molecular formula is C32H57Cl. The second-order valence-corrected chi connectivity index (χ2v) is 10.3. The van der Waals surface area contributed by atoms with Gasteiger partial charge in [0.1, 0.15) is 0 Å². The number of rotatable bonds is 13. The molecule has 0 aromatic heterocycles. The van der Waals surface area contributed by atoms with Crippen LogP contribution in [0, 0.1) is 17.8 Å². The van der Waals surface area contributed by atoms with Gasteiger partial charge in [-0.1, -0.05) is 109 Å². The average Bonchev–Trinajstić information content (AvgIpc) is 3.18. The largest absolute Gasteiger partial charge is 0.123 e. The van der Waals surface area contributed by atoms with Crippen molar-refractivity contribution >= 4 is 11.6 Å². The van der Waals surface area contributed by atoms with Crippen LogP contribution in [0.2, 0.25) is 0 Å². The molecule has 0 nitrogen and oxygen atoms in total. The molecule has 192 valence electrons. The van der Waals surface area contributed by atoms with E-state index >= 15 is 0 Å². The van der Waals surface area contributed by atoms with E-state index in [4.69, 9.17) is 11.6 Å².